The van der Waals surface area contributed by atoms with Gasteiger partial charge in [-0.2, -0.15) is 0 Å². The maximum atomic E-state index is 5.71. The van der Waals surface area contributed by atoms with E-state index in [-0.39, 0.29) is 6.61 Å². The van der Waals surface area contributed by atoms with Gasteiger partial charge in [-0.1, -0.05) is 13.3 Å². The summed E-state index contributed by atoms with van der Waals surface area (Å²) in [7, 11) is 1.64. The first-order valence-electron chi connectivity index (χ1n) is 8.77. The third-order valence-electron chi connectivity index (χ3n) is 4.61. The molecule has 2 aromatic rings. The van der Waals surface area contributed by atoms with Crippen molar-refractivity contribution in [1.82, 2.24) is 14.7 Å². The molecule has 0 radical (unpaired) electrons. The molecule has 1 aliphatic heterocycles. The molecule has 0 spiro atoms. The van der Waals surface area contributed by atoms with Gasteiger partial charge in [0.2, 0.25) is 0 Å². The van der Waals surface area contributed by atoms with Crippen LogP contribution in [0.25, 0.3) is 0 Å². The van der Waals surface area contributed by atoms with Crippen LogP contribution in [-0.4, -0.2) is 34.4 Å². The predicted octanol–water partition coefficient (Wildman–Crippen LogP) is 4.02. The van der Waals surface area contributed by atoms with Crippen LogP contribution >= 0.6 is 12.2 Å². The summed E-state index contributed by atoms with van der Waals surface area (Å²) in [4.78, 5) is 2.84. The minimum absolute atomic E-state index is 0.250. The van der Waals surface area contributed by atoms with E-state index in [0.29, 0.717) is 23.4 Å². The monoisotopic (exact) mass is 363 g/mol. The maximum absolute atomic E-state index is 5.71. The number of nitrogens with zero attached hydrogens (tertiary/aromatic N) is 3. The van der Waals surface area contributed by atoms with Crippen LogP contribution in [0.3, 0.4) is 0 Å². The fourth-order valence-corrected chi connectivity index (χ4v) is 3.39. The summed E-state index contributed by atoms with van der Waals surface area (Å²) in [5.41, 5.74) is 0. The zero-order valence-corrected chi connectivity index (χ0v) is 15.6. The number of rotatable bonds is 7. The first-order chi connectivity index (χ1) is 12.2. The van der Waals surface area contributed by atoms with Gasteiger partial charge in [-0.05, 0) is 55.7 Å². The van der Waals surface area contributed by atoms with Gasteiger partial charge in [0.1, 0.15) is 11.5 Å². The van der Waals surface area contributed by atoms with E-state index in [0.717, 1.165) is 24.5 Å². The highest BCUT2D eigenvalue weighted by molar-refractivity contribution is 7.71. The fourth-order valence-electron chi connectivity index (χ4n) is 3.19. The Morgan fingerprint density at radius 1 is 1.24 bits per heavy atom. The molecule has 0 aliphatic carbocycles. The van der Waals surface area contributed by atoms with Gasteiger partial charge < -0.3 is 13.9 Å². The molecular formula is C18H25N3O3S. The van der Waals surface area contributed by atoms with Crippen LogP contribution in [-0.2, 0) is 13.3 Å². The number of methoxy groups -OCH3 is 1. The predicted molar refractivity (Wildman–Crippen MR) is 97.3 cm³/mol. The molecule has 0 saturated carbocycles. The summed E-state index contributed by atoms with van der Waals surface area (Å²) < 4.78 is 18.2. The summed E-state index contributed by atoms with van der Waals surface area (Å²) in [5.74, 6) is 2.02. The van der Waals surface area contributed by atoms with Crippen molar-refractivity contribution in [3.8, 4) is 11.5 Å². The standard InChI is InChI=1S/C18H25N3O3S/c1-3-14-6-4-5-11-20(14)13-21-18(25)24-17(19-21)12-23-16-9-7-15(22-2)8-10-16/h7-10,14H,3-6,11-13H2,1-2H3/t14-/m0/s1. The zero-order valence-electron chi connectivity index (χ0n) is 14.8. The number of piperidine rings is 1. The Bertz CT molecular complexity index is 726. The molecule has 0 bridgehead atoms. The molecule has 0 amide bonds. The molecule has 1 aromatic carbocycles. The molecule has 25 heavy (non-hydrogen) atoms. The van der Waals surface area contributed by atoms with Crippen LogP contribution in [0.5, 0.6) is 11.5 Å². The summed E-state index contributed by atoms with van der Waals surface area (Å²) in [5, 5.41) is 4.48. The van der Waals surface area contributed by atoms with Gasteiger partial charge in [0.15, 0.2) is 6.61 Å². The van der Waals surface area contributed by atoms with Crippen molar-refractivity contribution >= 4 is 12.2 Å². The number of aromatic nitrogens is 2. The van der Waals surface area contributed by atoms with Crippen LogP contribution in [0.4, 0.5) is 0 Å². The lowest BCUT2D eigenvalue weighted by molar-refractivity contribution is 0.0992. The molecule has 136 valence electrons. The Morgan fingerprint density at radius 3 is 2.72 bits per heavy atom. The van der Waals surface area contributed by atoms with Crippen molar-refractivity contribution in [2.24, 2.45) is 0 Å². The van der Waals surface area contributed by atoms with E-state index >= 15 is 0 Å². The number of hydrogen-bond acceptors (Lipinski definition) is 6. The van der Waals surface area contributed by atoms with E-state index in [4.69, 9.17) is 26.1 Å². The topological polar surface area (TPSA) is 52.7 Å². The fraction of sp³-hybridized carbons (Fsp3) is 0.556. The van der Waals surface area contributed by atoms with Crippen molar-refractivity contribution in [2.45, 2.75) is 51.9 Å². The molecule has 0 N–H and O–H groups in total. The van der Waals surface area contributed by atoms with Gasteiger partial charge in [-0.15, -0.1) is 5.10 Å². The van der Waals surface area contributed by atoms with Gasteiger partial charge >= 0.3 is 0 Å². The molecule has 0 unspecified atom stereocenters. The first kappa shape index (κ1) is 17.9. The van der Waals surface area contributed by atoms with Gasteiger partial charge in [0.05, 0.1) is 13.8 Å². The van der Waals surface area contributed by atoms with Crippen molar-refractivity contribution in [1.29, 1.82) is 0 Å². The molecule has 1 aromatic heterocycles. The van der Waals surface area contributed by atoms with E-state index in [1.54, 1.807) is 11.8 Å². The van der Waals surface area contributed by atoms with E-state index in [1.165, 1.54) is 19.3 Å². The first-order valence-corrected chi connectivity index (χ1v) is 9.18. The summed E-state index contributed by atoms with van der Waals surface area (Å²) in [6.45, 7) is 4.26. The van der Waals surface area contributed by atoms with Gasteiger partial charge in [0, 0.05) is 12.6 Å². The van der Waals surface area contributed by atoms with Gasteiger partial charge in [-0.3, -0.25) is 4.90 Å². The number of ether oxygens (including phenoxy) is 2. The second-order valence-electron chi connectivity index (χ2n) is 6.24. The van der Waals surface area contributed by atoms with Crippen LogP contribution < -0.4 is 9.47 Å². The minimum atomic E-state index is 0.250. The van der Waals surface area contributed by atoms with Crippen LogP contribution in [0.15, 0.2) is 28.7 Å². The highest BCUT2D eigenvalue weighted by Crippen LogP contribution is 2.21. The molecule has 7 heteroatoms. The van der Waals surface area contributed by atoms with Crippen LogP contribution in [0.1, 0.15) is 38.5 Å². The maximum Gasteiger partial charge on any atom is 0.288 e. The molecule has 1 aliphatic rings. The second kappa shape index (κ2) is 8.49. The molecule has 1 saturated heterocycles. The molecule has 6 nitrogen and oxygen atoms in total. The number of benzene rings is 1. The smallest absolute Gasteiger partial charge is 0.288 e. The summed E-state index contributed by atoms with van der Waals surface area (Å²) in [6, 6.07) is 8.01. The highest BCUT2D eigenvalue weighted by Gasteiger charge is 2.22. The zero-order chi connectivity index (χ0) is 17.6. The molecule has 2 heterocycles. The van der Waals surface area contributed by atoms with Crippen LogP contribution in [0.2, 0.25) is 0 Å². The van der Waals surface area contributed by atoms with Crippen LogP contribution in [0, 0.1) is 4.84 Å². The van der Waals surface area contributed by atoms with Gasteiger partial charge in [-0.25, -0.2) is 4.68 Å². The third-order valence-corrected chi connectivity index (χ3v) is 4.90. The molecule has 1 atom stereocenters. The lowest BCUT2D eigenvalue weighted by Gasteiger charge is -2.34. The Labute approximate surface area is 153 Å². The lowest BCUT2D eigenvalue weighted by atomic mass is 10.0. The SMILES string of the molecule is CC[C@H]1CCCCN1Cn1nc(COc2ccc(OC)cc2)oc1=S. The van der Waals surface area contributed by atoms with Crippen molar-refractivity contribution in [3.63, 3.8) is 0 Å². The normalized spacial score (nSPS) is 18.2. The third kappa shape index (κ3) is 4.61. The largest absolute Gasteiger partial charge is 0.497 e. The Kier molecular flexibility index (Phi) is 6.09. The quantitative estimate of drug-likeness (QED) is 0.693. The number of hydrogen-bond donors (Lipinski definition) is 0. The van der Waals surface area contributed by atoms with E-state index in [2.05, 4.69) is 16.9 Å². The van der Waals surface area contributed by atoms with Crippen molar-refractivity contribution in [2.75, 3.05) is 13.7 Å². The molecular weight excluding hydrogens is 338 g/mol. The van der Waals surface area contributed by atoms with Crippen molar-refractivity contribution < 1.29 is 13.9 Å². The summed E-state index contributed by atoms with van der Waals surface area (Å²) in [6.07, 6.45) is 4.93. The van der Waals surface area contributed by atoms with Gasteiger partial charge in [0.25, 0.3) is 10.7 Å². The summed E-state index contributed by atoms with van der Waals surface area (Å²) >= 11 is 5.31. The highest BCUT2D eigenvalue weighted by atomic mass is 32.1. The van der Waals surface area contributed by atoms with E-state index < -0.39 is 0 Å². The minimum Gasteiger partial charge on any atom is -0.497 e. The second-order valence-corrected chi connectivity index (χ2v) is 6.59. The van der Waals surface area contributed by atoms with Crippen molar-refractivity contribution in [3.05, 3.63) is 35.0 Å². The molecule has 3 rings (SSSR count). The average Bonchev–Trinajstić information content (AvgIpc) is 3.00. The van der Waals surface area contributed by atoms with E-state index in [1.807, 2.05) is 24.3 Å². The Morgan fingerprint density at radius 2 is 2.00 bits per heavy atom. The average molecular weight is 363 g/mol. The van der Waals surface area contributed by atoms with E-state index in [9.17, 15) is 0 Å². The number of likely N-dealkylation sites (tertiary alicyclic amines) is 1. The Hall–Kier alpha value is -1.86. The molecule has 1 fully saturated rings. The Balaban J connectivity index is 1.60. The lowest BCUT2D eigenvalue weighted by Crippen LogP contribution is -2.40.